The molecule has 0 aliphatic rings. The molecule has 1 aromatic carbocycles. The van der Waals surface area contributed by atoms with Crippen LogP contribution in [-0.4, -0.2) is 27.6 Å². The predicted molar refractivity (Wildman–Crippen MR) is 110 cm³/mol. The molecule has 126 valence electrons. The molecule has 0 aliphatic carbocycles. The zero-order valence-electron chi connectivity index (χ0n) is 12.1. The van der Waals surface area contributed by atoms with E-state index in [0.717, 1.165) is 5.56 Å². The number of benzene rings is 1. The Morgan fingerprint density at radius 2 is 1.41 bits per heavy atom. The molecule has 0 spiro atoms. The van der Waals surface area contributed by atoms with Gasteiger partial charge in [-0.2, -0.15) is 0 Å². The zero-order valence-corrected chi connectivity index (χ0v) is 21.1. The first-order valence-electron chi connectivity index (χ1n) is 6.62. The lowest BCUT2D eigenvalue weighted by Gasteiger charge is -2.38. The first-order valence-corrected chi connectivity index (χ1v) is 12.5. The van der Waals surface area contributed by atoms with Gasteiger partial charge in [-0.15, -0.1) is 0 Å². The van der Waals surface area contributed by atoms with Crippen LogP contribution in [0.1, 0.15) is 19.4 Å². The first kappa shape index (κ1) is 21.8. The van der Waals surface area contributed by atoms with Gasteiger partial charge in [-0.1, -0.05) is 78.1 Å². The quantitative estimate of drug-likeness (QED) is 0.253. The van der Waals surface area contributed by atoms with E-state index in [4.69, 9.17) is 13.3 Å². The number of hydrogen-bond donors (Lipinski definition) is 0. The summed E-state index contributed by atoms with van der Waals surface area (Å²) >= 11 is 17.4. The van der Waals surface area contributed by atoms with Gasteiger partial charge in [-0.05, 0) is 51.3 Å². The Labute approximate surface area is 174 Å². The van der Waals surface area contributed by atoms with Crippen molar-refractivity contribution in [3.05, 3.63) is 35.9 Å². The van der Waals surface area contributed by atoms with E-state index in [0.29, 0.717) is 19.3 Å². The van der Waals surface area contributed by atoms with Gasteiger partial charge in [0.2, 0.25) is 3.42 Å². The van der Waals surface area contributed by atoms with Crippen LogP contribution in [-0.2, 0) is 19.3 Å². The summed E-state index contributed by atoms with van der Waals surface area (Å²) in [6.45, 7) is 4.88. The van der Waals surface area contributed by atoms with Gasteiger partial charge < -0.3 is 13.3 Å². The molecule has 0 N–H and O–H groups in total. The fraction of sp³-hybridized carbons (Fsp3) is 0.538. The smallest absolute Gasteiger partial charge is 0.374 e. The topological polar surface area (TPSA) is 27.7 Å². The highest BCUT2D eigenvalue weighted by Gasteiger charge is 2.54. The fourth-order valence-corrected chi connectivity index (χ4v) is 6.58. The Morgan fingerprint density at radius 1 is 0.909 bits per heavy atom. The van der Waals surface area contributed by atoms with Crippen molar-refractivity contribution < 1.29 is 13.3 Å². The molecule has 22 heavy (non-hydrogen) atoms. The molecule has 0 bridgehead atoms. The third-order valence-corrected chi connectivity index (χ3v) is 12.5. The fourth-order valence-electron chi connectivity index (χ4n) is 1.78. The number of halogens is 5. The third kappa shape index (κ3) is 6.55. The van der Waals surface area contributed by atoms with Gasteiger partial charge in [0, 0.05) is 19.3 Å². The van der Waals surface area contributed by atoms with Crippen molar-refractivity contribution >= 4 is 88.5 Å². The Kier molecular flexibility index (Phi) is 9.32. The number of rotatable bonds is 8. The van der Waals surface area contributed by atoms with E-state index < -0.39 is 14.4 Å². The maximum atomic E-state index is 6.26. The van der Waals surface area contributed by atoms with Crippen LogP contribution < -0.4 is 0 Å². The largest absolute Gasteiger partial charge is 0.507 e. The number of hydrogen-bond acceptors (Lipinski definition) is 3. The minimum atomic E-state index is -2.97. The lowest BCUT2D eigenvalue weighted by atomic mass is 10.2. The lowest BCUT2D eigenvalue weighted by Crippen LogP contribution is -2.54. The van der Waals surface area contributed by atoms with Gasteiger partial charge in [0.05, 0.1) is 0 Å². The summed E-state index contributed by atoms with van der Waals surface area (Å²) in [5.74, 6) is 0. The average molecular weight is 649 g/mol. The zero-order chi connectivity index (χ0) is 16.9. The lowest BCUT2D eigenvalue weighted by molar-refractivity contribution is 0.0554. The molecule has 3 nitrogen and oxygen atoms in total. The van der Waals surface area contributed by atoms with Crippen molar-refractivity contribution in [2.45, 2.75) is 25.5 Å². The van der Waals surface area contributed by atoms with Crippen LogP contribution >= 0.6 is 79.6 Å². The summed E-state index contributed by atoms with van der Waals surface area (Å²) in [5.41, 5.74) is 1.11. The first-order chi connectivity index (χ1) is 10.2. The monoisotopic (exact) mass is 644 g/mol. The van der Waals surface area contributed by atoms with Crippen LogP contribution in [0.5, 0.6) is 0 Å². The van der Waals surface area contributed by atoms with Crippen LogP contribution in [0.4, 0.5) is 0 Å². The molecular formula is C13H17Br5O3Si. The molecule has 0 saturated heterocycles. The summed E-state index contributed by atoms with van der Waals surface area (Å²) in [4.78, 5) is 0. The summed E-state index contributed by atoms with van der Waals surface area (Å²) in [6, 6.07) is 10.6. The Bertz CT molecular complexity index is 447. The minimum Gasteiger partial charge on any atom is -0.374 e. The molecule has 0 saturated carbocycles. The van der Waals surface area contributed by atoms with Gasteiger partial charge >= 0.3 is 8.80 Å². The molecule has 1 rings (SSSR count). The second-order valence-corrected chi connectivity index (χ2v) is 16.9. The number of alkyl halides is 5. The second-order valence-electron chi connectivity index (χ2n) is 4.33. The second kappa shape index (κ2) is 9.42. The van der Waals surface area contributed by atoms with Gasteiger partial charge in [0.15, 0.2) is 2.14 Å². The molecule has 0 aliphatic heterocycles. The molecule has 0 unspecified atom stereocenters. The van der Waals surface area contributed by atoms with Gasteiger partial charge in [-0.3, -0.25) is 0 Å². The molecule has 0 radical (unpaired) electrons. The van der Waals surface area contributed by atoms with Crippen LogP contribution in [0.2, 0.25) is 0 Å². The van der Waals surface area contributed by atoms with E-state index in [1.807, 2.05) is 44.2 Å². The van der Waals surface area contributed by atoms with Crippen LogP contribution in [0.15, 0.2) is 30.3 Å². The SMILES string of the molecule is CCO[Si](Cc1ccccc1)(OCC)OC(Br)(Br)C(Br)(Br)Br. The Hall–Kier alpha value is 1.72. The van der Waals surface area contributed by atoms with Gasteiger partial charge in [0.1, 0.15) is 0 Å². The van der Waals surface area contributed by atoms with E-state index in [9.17, 15) is 0 Å². The van der Waals surface area contributed by atoms with Crippen molar-refractivity contribution in [1.82, 2.24) is 0 Å². The molecule has 0 aromatic heterocycles. The average Bonchev–Trinajstić information content (AvgIpc) is 2.38. The minimum absolute atomic E-state index is 0.509. The molecule has 0 fully saturated rings. The third-order valence-electron chi connectivity index (χ3n) is 2.61. The van der Waals surface area contributed by atoms with E-state index in [1.165, 1.54) is 0 Å². The summed E-state index contributed by atoms with van der Waals surface area (Å²) in [5, 5.41) is 0. The van der Waals surface area contributed by atoms with Gasteiger partial charge in [-0.25, -0.2) is 0 Å². The maximum Gasteiger partial charge on any atom is 0.507 e. The Balaban J connectivity index is 3.09. The predicted octanol–water partition coefficient (Wildman–Crippen LogP) is 6.08. The molecule has 1 aromatic rings. The van der Waals surface area contributed by atoms with E-state index in [2.05, 4.69) is 79.6 Å². The molecular weight excluding hydrogens is 632 g/mol. The van der Waals surface area contributed by atoms with E-state index >= 15 is 0 Å². The van der Waals surface area contributed by atoms with Crippen molar-refractivity contribution in [3.8, 4) is 0 Å². The van der Waals surface area contributed by atoms with Crippen LogP contribution in [0, 0.1) is 0 Å². The van der Waals surface area contributed by atoms with Crippen molar-refractivity contribution in [2.75, 3.05) is 13.2 Å². The van der Waals surface area contributed by atoms with E-state index in [1.54, 1.807) is 0 Å². The molecule has 0 heterocycles. The summed E-state index contributed by atoms with van der Waals surface area (Å²) in [7, 11) is -2.97. The van der Waals surface area contributed by atoms with Gasteiger partial charge in [0.25, 0.3) is 0 Å². The van der Waals surface area contributed by atoms with Crippen molar-refractivity contribution in [2.24, 2.45) is 0 Å². The summed E-state index contributed by atoms with van der Waals surface area (Å²) < 4.78 is 16.5. The molecule has 9 heteroatoms. The van der Waals surface area contributed by atoms with Crippen molar-refractivity contribution in [3.63, 3.8) is 0 Å². The molecule has 0 atom stereocenters. The normalized spacial score (nSPS) is 13.4. The standard InChI is InChI=1S/C13H17Br5O3Si/c1-3-19-22(20-4-2,10-11-8-6-5-7-9-11)21-13(17,18)12(14,15)16/h5-9H,3-4,10H2,1-2H3. The highest BCUT2D eigenvalue weighted by Crippen LogP contribution is 2.54. The Morgan fingerprint density at radius 3 is 1.82 bits per heavy atom. The highest BCUT2D eigenvalue weighted by molar-refractivity contribution is 9.41. The highest BCUT2D eigenvalue weighted by atomic mass is 80.0. The van der Waals surface area contributed by atoms with Crippen LogP contribution in [0.3, 0.4) is 0 Å². The van der Waals surface area contributed by atoms with E-state index in [-0.39, 0.29) is 0 Å². The van der Waals surface area contributed by atoms with Crippen molar-refractivity contribution in [1.29, 1.82) is 0 Å². The maximum absolute atomic E-state index is 6.26. The van der Waals surface area contributed by atoms with Crippen LogP contribution in [0.25, 0.3) is 0 Å². The molecule has 0 amide bonds. The summed E-state index contributed by atoms with van der Waals surface area (Å²) in [6.07, 6.45) is 0.